The number of aromatic nitrogens is 4. The fourth-order valence-corrected chi connectivity index (χ4v) is 3.64. The molecular weight excluding hydrogens is 358 g/mol. The number of hydrogen-bond donors (Lipinski definition) is 1. The second-order valence-electron chi connectivity index (χ2n) is 6.88. The number of rotatable bonds is 4. The van der Waals surface area contributed by atoms with Gasteiger partial charge in [0, 0.05) is 29.5 Å². The third-order valence-corrected chi connectivity index (χ3v) is 5.04. The SMILES string of the molecule is N#Cc1cc(Cn2cc(-c3ccnc4[nH]ccc34)cn2)ccc1-c1ccccc1. The predicted octanol–water partition coefficient (Wildman–Crippen LogP) is 5.01. The van der Waals surface area contributed by atoms with Gasteiger partial charge < -0.3 is 4.98 Å². The molecule has 0 unspecified atom stereocenters. The van der Waals surface area contributed by atoms with Crippen LogP contribution in [0.25, 0.3) is 33.3 Å². The Morgan fingerprint density at radius 2 is 1.86 bits per heavy atom. The molecule has 0 bridgehead atoms. The van der Waals surface area contributed by atoms with Gasteiger partial charge in [0.15, 0.2) is 0 Å². The first-order chi connectivity index (χ1) is 14.3. The molecule has 29 heavy (non-hydrogen) atoms. The van der Waals surface area contributed by atoms with E-state index in [0.29, 0.717) is 12.1 Å². The van der Waals surface area contributed by atoms with Gasteiger partial charge in [-0.25, -0.2) is 4.98 Å². The van der Waals surface area contributed by atoms with Crippen molar-refractivity contribution in [3.8, 4) is 28.3 Å². The number of aromatic amines is 1. The van der Waals surface area contributed by atoms with Crippen LogP contribution in [0.15, 0.2) is 85.5 Å². The Kier molecular flexibility index (Phi) is 4.15. The Morgan fingerprint density at radius 1 is 0.966 bits per heavy atom. The summed E-state index contributed by atoms with van der Waals surface area (Å²) in [4.78, 5) is 7.48. The summed E-state index contributed by atoms with van der Waals surface area (Å²) in [6, 6.07) is 22.3. The standard InChI is InChI=1S/C24H17N5/c25-13-19-12-17(6-7-21(19)18-4-2-1-3-5-18)15-29-16-20(14-28-29)22-8-10-26-24-23(22)9-11-27-24/h1-12,14,16H,15H2,(H,26,27). The number of nitriles is 1. The lowest BCUT2D eigenvalue weighted by Gasteiger charge is -2.08. The number of H-pyrrole nitrogens is 1. The van der Waals surface area contributed by atoms with Gasteiger partial charge in [-0.1, -0.05) is 42.5 Å². The van der Waals surface area contributed by atoms with Gasteiger partial charge in [-0.15, -0.1) is 0 Å². The number of nitrogens with one attached hydrogen (secondary N) is 1. The monoisotopic (exact) mass is 375 g/mol. The van der Waals surface area contributed by atoms with E-state index in [9.17, 15) is 5.26 Å². The van der Waals surface area contributed by atoms with Crippen LogP contribution in [0.4, 0.5) is 0 Å². The van der Waals surface area contributed by atoms with Crippen molar-refractivity contribution in [2.24, 2.45) is 0 Å². The molecule has 5 rings (SSSR count). The molecule has 5 heteroatoms. The minimum atomic E-state index is 0.602. The molecule has 0 saturated heterocycles. The molecule has 0 radical (unpaired) electrons. The van der Waals surface area contributed by atoms with Crippen molar-refractivity contribution >= 4 is 11.0 Å². The highest BCUT2D eigenvalue weighted by molar-refractivity contribution is 5.92. The van der Waals surface area contributed by atoms with Gasteiger partial charge in [-0.3, -0.25) is 4.68 Å². The van der Waals surface area contributed by atoms with Crippen molar-refractivity contribution in [2.75, 3.05) is 0 Å². The summed E-state index contributed by atoms with van der Waals surface area (Å²) < 4.78 is 1.90. The predicted molar refractivity (Wildman–Crippen MR) is 113 cm³/mol. The molecule has 3 heterocycles. The molecule has 1 N–H and O–H groups in total. The summed E-state index contributed by atoms with van der Waals surface area (Å²) in [5.41, 5.74) is 6.71. The van der Waals surface area contributed by atoms with Crippen LogP contribution < -0.4 is 0 Å². The van der Waals surface area contributed by atoms with E-state index < -0.39 is 0 Å². The zero-order valence-corrected chi connectivity index (χ0v) is 15.6. The molecular formula is C24H17N5. The van der Waals surface area contributed by atoms with Crippen LogP contribution in [0.3, 0.4) is 0 Å². The van der Waals surface area contributed by atoms with Crippen molar-refractivity contribution in [1.82, 2.24) is 19.7 Å². The molecule has 0 fully saturated rings. The van der Waals surface area contributed by atoms with Crippen LogP contribution >= 0.6 is 0 Å². The summed E-state index contributed by atoms with van der Waals surface area (Å²) >= 11 is 0. The van der Waals surface area contributed by atoms with Gasteiger partial charge in [-0.2, -0.15) is 10.4 Å². The van der Waals surface area contributed by atoms with Crippen molar-refractivity contribution in [2.45, 2.75) is 6.54 Å². The molecule has 0 atom stereocenters. The highest BCUT2D eigenvalue weighted by Crippen LogP contribution is 2.27. The lowest BCUT2D eigenvalue weighted by Crippen LogP contribution is -2.00. The van der Waals surface area contributed by atoms with Crippen molar-refractivity contribution in [1.29, 1.82) is 5.26 Å². The van der Waals surface area contributed by atoms with Gasteiger partial charge in [0.1, 0.15) is 5.65 Å². The maximum atomic E-state index is 9.62. The van der Waals surface area contributed by atoms with E-state index >= 15 is 0 Å². The van der Waals surface area contributed by atoms with E-state index in [1.165, 1.54) is 0 Å². The van der Waals surface area contributed by atoms with Gasteiger partial charge in [0.25, 0.3) is 0 Å². The summed E-state index contributed by atoms with van der Waals surface area (Å²) in [5.74, 6) is 0. The molecule has 3 aromatic heterocycles. The van der Waals surface area contributed by atoms with E-state index in [0.717, 1.165) is 38.9 Å². The number of hydrogen-bond acceptors (Lipinski definition) is 3. The third-order valence-electron chi connectivity index (χ3n) is 5.04. The zero-order valence-electron chi connectivity index (χ0n) is 15.6. The summed E-state index contributed by atoms with van der Waals surface area (Å²) in [6.45, 7) is 0.602. The molecule has 0 spiro atoms. The van der Waals surface area contributed by atoms with Gasteiger partial charge >= 0.3 is 0 Å². The number of nitrogens with zero attached hydrogens (tertiary/aromatic N) is 4. The molecule has 138 valence electrons. The van der Waals surface area contributed by atoms with E-state index in [4.69, 9.17) is 0 Å². The fraction of sp³-hybridized carbons (Fsp3) is 0.0417. The second-order valence-corrected chi connectivity index (χ2v) is 6.88. The minimum Gasteiger partial charge on any atom is -0.346 e. The first-order valence-electron chi connectivity index (χ1n) is 9.35. The van der Waals surface area contributed by atoms with Crippen LogP contribution in [-0.4, -0.2) is 19.7 Å². The summed E-state index contributed by atoms with van der Waals surface area (Å²) in [6.07, 6.45) is 7.58. The lowest BCUT2D eigenvalue weighted by molar-refractivity contribution is 0.687. The van der Waals surface area contributed by atoms with Crippen LogP contribution in [0.2, 0.25) is 0 Å². The molecule has 0 saturated carbocycles. The lowest BCUT2D eigenvalue weighted by atomic mass is 9.98. The zero-order chi connectivity index (χ0) is 19.6. The van der Waals surface area contributed by atoms with Crippen molar-refractivity contribution in [3.63, 3.8) is 0 Å². The maximum absolute atomic E-state index is 9.62. The molecule has 5 nitrogen and oxygen atoms in total. The Balaban J connectivity index is 1.44. The number of benzene rings is 2. The Bertz CT molecular complexity index is 1340. The largest absolute Gasteiger partial charge is 0.346 e. The normalized spacial score (nSPS) is 10.9. The fourth-order valence-electron chi connectivity index (χ4n) is 3.64. The van der Waals surface area contributed by atoms with Gasteiger partial charge in [-0.05, 0) is 40.5 Å². The molecule has 0 aliphatic heterocycles. The van der Waals surface area contributed by atoms with Crippen molar-refractivity contribution in [3.05, 3.63) is 96.6 Å². The number of pyridine rings is 1. The molecule has 0 aliphatic carbocycles. The van der Waals surface area contributed by atoms with E-state index in [1.807, 2.05) is 77.9 Å². The van der Waals surface area contributed by atoms with Crippen LogP contribution in [-0.2, 0) is 6.54 Å². The quantitative estimate of drug-likeness (QED) is 0.480. The first kappa shape index (κ1) is 17.0. The Labute approximate surface area is 167 Å². The highest BCUT2D eigenvalue weighted by Gasteiger charge is 2.10. The molecule has 2 aromatic carbocycles. The minimum absolute atomic E-state index is 0.602. The Morgan fingerprint density at radius 3 is 2.72 bits per heavy atom. The van der Waals surface area contributed by atoms with Crippen LogP contribution in [0.5, 0.6) is 0 Å². The van der Waals surface area contributed by atoms with Gasteiger partial charge in [0.2, 0.25) is 0 Å². The Hall–Kier alpha value is -4.17. The molecule has 0 aliphatic rings. The van der Waals surface area contributed by atoms with Crippen LogP contribution in [0.1, 0.15) is 11.1 Å². The molecule has 0 amide bonds. The highest BCUT2D eigenvalue weighted by atomic mass is 15.3. The average molecular weight is 375 g/mol. The second kappa shape index (κ2) is 7.10. The van der Waals surface area contributed by atoms with E-state index in [-0.39, 0.29) is 0 Å². The van der Waals surface area contributed by atoms with E-state index in [1.54, 1.807) is 6.20 Å². The van der Waals surface area contributed by atoms with Crippen LogP contribution in [0, 0.1) is 11.3 Å². The van der Waals surface area contributed by atoms with Gasteiger partial charge in [0.05, 0.1) is 24.4 Å². The maximum Gasteiger partial charge on any atom is 0.137 e. The topological polar surface area (TPSA) is 70.3 Å². The smallest absolute Gasteiger partial charge is 0.137 e. The number of fused-ring (bicyclic) bond motifs is 1. The average Bonchev–Trinajstić information content (AvgIpc) is 3.43. The molecule has 5 aromatic rings. The first-order valence-corrected chi connectivity index (χ1v) is 9.35. The van der Waals surface area contributed by atoms with Crippen molar-refractivity contribution < 1.29 is 0 Å². The summed E-state index contributed by atoms with van der Waals surface area (Å²) in [7, 11) is 0. The summed E-state index contributed by atoms with van der Waals surface area (Å²) in [5, 5.41) is 15.2. The van der Waals surface area contributed by atoms with E-state index in [2.05, 4.69) is 27.2 Å². The third kappa shape index (κ3) is 3.17.